The Kier molecular flexibility index (Phi) is 3.09. The number of aliphatic carboxylic acids is 1. The van der Waals surface area contributed by atoms with Gasteiger partial charge in [-0.2, -0.15) is 13.2 Å². The van der Waals surface area contributed by atoms with Crippen LogP contribution in [0.4, 0.5) is 13.2 Å². The van der Waals surface area contributed by atoms with Crippen LogP contribution in [0.5, 0.6) is 0 Å². The van der Waals surface area contributed by atoms with E-state index < -0.39 is 52.3 Å². The van der Waals surface area contributed by atoms with E-state index in [1.807, 2.05) is 0 Å². The van der Waals surface area contributed by atoms with E-state index in [0.29, 0.717) is 17.1 Å². The molecule has 1 saturated carbocycles. The standard InChI is InChI=1S/C9H12F3NO4S/c10-9(11,12)7-4-13(3-6(7)8(14)15)18(16,17)5-1-2-5/h5-7H,1-4H2,(H,14,15)/t6-,7-/m1/s1. The molecule has 5 nitrogen and oxygen atoms in total. The van der Waals surface area contributed by atoms with Crippen LogP contribution in [-0.4, -0.2) is 48.3 Å². The summed E-state index contributed by atoms with van der Waals surface area (Å²) in [5, 5.41) is 8.14. The molecule has 18 heavy (non-hydrogen) atoms. The van der Waals surface area contributed by atoms with E-state index >= 15 is 0 Å². The summed E-state index contributed by atoms with van der Waals surface area (Å²) in [6.45, 7) is -1.36. The van der Waals surface area contributed by atoms with Gasteiger partial charge in [0.15, 0.2) is 0 Å². The molecule has 0 aromatic carbocycles. The van der Waals surface area contributed by atoms with E-state index in [0.717, 1.165) is 0 Å². The number of carboxylic acid groups (broad SMARTS) is 1. The van der Waals surface area contributed by atoms with Crippen LogP contribution in [0.3, 0.4) is 0 Å². The second kappa shape index (κ2) is 4.09. The van der Waals surface area contributed by atoms with Crippen molar-refractivity contribution in [1.29, 1.82) is 0 Å². The van der Waals surface area contributed by atoms with Crippen LogP contribution in [0.1, 0.15) is 12.8 Å². The third-order valence-corrected chi connectivity index (χ3v) is 5.66. The van der Waals surface area contributed by atoms with Gasteiger partial charge < -0.3 is 5.11 Å². The van der Waals surface area contributed by atoms with Gasteiger partial charge >= 0.3 is 12.1 Å². The van der Waals surface area contributed by atoms with Gasteiger partial charge in [-0.3, -0.25) is 4.79 Å². The van der Waals surface area contributed by atoms with Gasteiger partial charge in [0.05, 0.1) is 17.1 Å². The summed E-state index contributed by atoms with van der Waals surface area (Å²) in [4.78, 5) is 10.8. The molecule has 2 fully saturated rings. The molecule has 0 aromatic heterocycles. The Labute approximate surface area is 102 Å². The highest BCUT2D eigenvalue weighted by molar-refractivity contribution is 7.90. The number of nitrogens with zero attached hydrogens (tertiary/aromatic N) is 1. The zero-order valence-electron chi connectivity index (χ0n) is 9.22. The number of hydrogen-bond acceptors (Lipinski definition) is 3. The number of sulfonamides is 1. The van der Waals surface area contributed by atoms with Crippen molar-refractivity contribution < 1.29 is 31.5 Å². The maximum absolute atomic E-state index is 12.7. The zero-order chi connectivity index (χ0) is 13.7. The quantitative estimate of drug-likeness (QED) is 0.828. The number of rotatable bonds is 3. The lowest BCUT2D eigenvalue weighted by atomic mass is 9.96. The average molecular weight is 287 g/mol. The van der Waals surface area contributed by atoms with Crippen molar-refractivity contribution in [1.82, 2.24) is 4.31 Å². The zero-order valence-corrected chi connectivity index (χ0v) is 10.0. The summed E-state index contributed by atoms with van der Waals surface area (Å²) in [5.74, 6) is -5.44. The second-order valence-electron chi connectivity index (χ2n) is 4.65. The molecule has 1 aliphatic heterocycles. The monoisotopic (exact) mass is 287 g/mol. The lowest BCUT2D eigenvalue weighted by Crippen LogP contribution is -2.34. The molecule has 0 aromatic rings. The Balaban J connectivity index is 2.22. The lowest BCUT2D eigenvalue weighted by Gasteiger charge is -2.18. The lowest BCUT2D eigenvalue weighted by molar-refractivity contribution is -0.187. The molecular formula is C9H12F3NO4S. The first-order chi connectivity index (χ1) is 8.14. The van der Waals surface area contributed by atoms with Crippen LogP contribution in [0.2, 0.25) is 0 Å². The topological polar surface area (TPSA) is 74.7 Å². The van der Waals surface area contributed by atoms with E-state index in [2.05, 4.69) is 0 Å². The van der Waals surface area contributed by atoms with Crippen molar-refractivity contribution in [3.63, 3.8) is 0 Å². The van der Waals surface area contributed by atoms with Gasteiger partial charge in [0.2, 0.25) is 10.0 Å². The van der Waals surface area contributed by atoms with Crippen molar-refractivity contribution in [2.24, 2.45) is 11.8 Å². The maximum Gasteiger partial charge on any atom is 0.393 e. The molecule has 1 N–H and O–H groups in total. The van der Waals surface area contributed by atoms with Gasteiger partial charge in [-0.05, 0) is 12.8 Å². The van der Waals surface area contributed by atoms with Gasteiger partial charge in [-0.1, -0.05) is 0 Å². The van der Waals surface area contributed by atoms with Crippen LogP contribution in [0.15, 0.2) is 0 Å². The summed E-state index contributed by atoms with van der Waals surface area (Å²) in [5.41, 5.74) is 0. The number of halogens is 3. The van der Waals surface area contributed by atoms with Crippen LogP contribution in [-0.2, 0) is 14.8 Å². The molecular weight excluding hydrogens is 275 g/mol. The third kappa shape index (κ3) is 2.33. The van der Waals surface area contributed by atoms with Crippen LogP contribution in [0, 0.1) is 11.8 Å². The Morgan fingerprint density at radius 1 is 1.22 bits per heavy atom. The predicted octanol–water partition coefficient (Wildman–Crippen LogP) is 0.673. The molecule has 2 rings (SSSR count). The van der Waals surface area contributed by atoms with E-state index in [-0.39, 0.29) is 0 Å². The third-order valence-electron chi connectivity index (χ3n) is 3.33. The predicted molar refractivity (Wildman–Crippen MR) is 54.2 cm³/mol. The Hall–Kier alpha value is -0.830. The fourth-order valence-corrected chi connectivity index (χ4v) is 4.02. The molecule has 0 spiro atoms. The van der Waals surface area contributed by atoms with E-state index in [1.54, 1.807) is 0 Å². The molecule has 1 heterocycles. The molecule has 0 unspecified atom stereocenters. The van der Waals surface area contributed by atoms with Crippen LogP contribution < -0.4 is 0 Å². The first-order valence-corrected chi connectivity index (χ1v) is 6.93. The smallest absolute Gasteiger partial charge is 0.393 e. The van der Waals surface area contributed by atoms with Gasteiger partial charge in [0.25, 0.3) is 0 Å². The summed E-state index contributed by atoms with van der Waals surface area (Å²) >= 11 is 0. The van der Waals surface area contributed by atoms with E-state index in [4.69, 9.17) is 5.11 Å². The fraction of sp³-hybridized carbons (Fsp3) is 0.889. The Bertz CT molecular complexity index is 457. The number of carbonyl (C=O) groups is 1. The SMILES string of the molecule is O=C(O)[C@@H]1CN(S(=O)(=O)C2CC2)C[C@H]1C(F)(F)F. The molecule has 2 atom stereocenters. The summed E-state index contributed by atoms with van der Waals surface area (Å²) in [6.07, 6.45) is -3.82. The highest BCUT2D eigenvalue weighted by Gasteiger charge is 2.56. The minimum Gasteiger partial charge on any atom is -0.481 e. The average Bonchev–Trinajstić information content (AvgIpc) is 2.94. The largest absolute Gasteiger partial charge is 0.481 e. The Morgan fingerprint density at radius 3 is 2.11 bits per heavy atom. The second-order valence-corrected chi connectivity index (χ2v) is 6.87. The maximum atomic E-state index is 12.7. The van der Waals surface area contributed by atoms with Crippen molar-refractivity contribution in [2.75, 3.05) is 13.1 Å². The van der Waals surface area contributed by atoms with Gasteiger partial charge in [0, 0.05) is 13.1 Å². The van der Waals surface area contributed by atoms with Crippen molar-refractivity contribution in [3.8, 4) is 0 Å². The molecule has 1 saturated heterocycles. The summed E-state index contributed by atoms with van der Waals surface area (Å²) in [7, 11) is -3.76. The van der Waals surface area contributed by atoms with Crippen LogP contribution in [0.25, 0.3) is 0 Å². The number of hydrogen-bond donors (Lipinski definition) is 1. The highest BCUT2D eigenvalue weighted by atomic mass is 32.2. The van der Waals surface area contributed by atoms with Gasteiger partial charge in [-0.15, -0.1) is 0 Å². The first kappa shape index (κ1) is 13.6. The molecule has 9 heteroatoms. The van der Waals surface area contributed by atoms with Gasteiger partial charge in [-0.25, -0.2) is 12.7 Å². The Morgan fingerprint density at radius 2 is 1.78 bits per heavy atom. The number of carboxylic acids is 1. The molecule has 2 aliphatic rings. The van der Waals surface area contributed by atoms with Crippen LogP contribution >= 0.6 is 0 Å². The van der Waals surface area contributed by atoms with Crippen molar-refractivity contribution >= 4 is 16.0 Å². The normalized spacial score (nSPS) is 30.6. The summed E-state index contributed by atoms with van der Waals surface area (Å²) < 4.78 is 62.3. The fourth-order valence-electron chi connectivity index (χ4n) is 2.13. The molecule has 0 bridgehead atoms. The highest BCUT2D eigenvalue weighted by Crippen LogP contribution is 2.41. The van der Waals surface area contributed by atoms with E-state index in [9.17, 15) is 26.4 Å². The number of alkyl halides is 3. The van der Waals surface area contributed by atoms with Gasteiger partial charge in [0.1, 0.15) is 0 Å². The van der Waals surface area contributed by atoms with Crippen molar-refractivity contribution in [3.05, 3.63) is 0 Å². The molecule has 1 aliphatic carbocycles. The molecule has 104 valence electrons. The molecule has 0 amide bonds. The van der Waals surface area contributed by atoms with E-state index in [1.165, 1.54) is 0 Å². The minimum absolute atomic E-state index is 0.438. The first-order valence-electron chi connectivity index (χ1n) is 5.42. The molecule has 0 radical (unpaired) electrons. The van der Waals surface area contributed by atoms with Crippen molar-refractivity contribution in [2.45, 2.75) is 24.3 Å². The minimum atomic E-state index is -4.70. The summed E-state index contributed by atoms with van der Waals surface area (Å²) in [6, 6.07) is 0.